The van der Waals surface area contributed by atoms with Crippen molar-refractivity contribution in [2.24, 2.45) is 21.1 Å². The van der Waals surface area contributed by atoms with Crippen LogP contribution >= 0.6 is 11.3 Å². The van der Waals surface area contributed by atoms with Crippen LogP contribution in [0.2, 0.25) is 0 Å². The lowest BCUT2D eigenvalue weighted by molar-refractivity contribution is -0.384. The third-order valence-corrected chi connectivity index (χ3v) is 6.81. The molecule has 35 heavy (non-hydrogen) atoms. The number of non-ortho nitro benzene ring substituents is 1. The van der Waals surface area contributed by atoms with Gasteiger partial charge in [0.15, 0.2) is 5.78 Å². The van der Waals surface area contributed by atoms with Gasteiger partial charge in [-0.05, 0) is 40.0 Å². The van der Waals surface area contributed by atoms with E-state index in [2.05, 4.69) is 51.8 Å². The van der Waals surface area contributed by atoms with Crippen LogP contribution in [0.5, 0.6) is 0 Å². The highest BCUT2D eigenvalue weighted by atomic mass is 32.1. The van der Waals surface area contributed by atoms with E-state index in [9.17, 15) is 14.9 Å². The Hall–Kier alpha value is -3.19. The summed E-state index contributed by atoms with van der Waals surface area (Å²) in [6.07, 6.45) is 3.93. The number of nitrogens with zero attached hydrogens (tertiary/aromatic N) is 3. The number of thiophene rings is 1. The zero-order valence-corrected chi connectivity index (χ0v) is 22.3. The van der Waals surface area contributed by atoms with Gasteiger partial charge in [-0.25, -0.2) is 0 Å². The Bertz CT molecular complexity index is 1180. The molecule has 1 aromatic carbocycles. The summed E-state index contributed by atoms with van der Waals surface area (Å²) in [5.74, 6) is 0.131. The fraction of sp³-hybridized carbons (Fsp3) is 0.393. The van der Waals surface area contributed by atoms with Crippen molar-refractivity contribution < 1.29 is 9.72 Å². The molecule has 0 bridgehead atoms. The minimum absolute atomic E-state index is 0.0448. The average Bonchev–Trinajstić information content (AvgIpc) is 3.30. The predicted octanol–water partition coefficient (Wildman–Crippen LogP) is 8.15. The van der Waals surface area contributed by atoms with Crippen LogP contribution in [0, 0.1) is 20.9 Å². The summed E-state index contributed by atoms with van der Waals surface area (Å²) in [6, 6.07) is 10.5. The number of nitro benzene ring substituents is 1. The third kappa shape index (κ3) is 6.28. The fourth-order valence-electron chi connectivity index (χ4n) is 3.81. The van der Waals surface area contributed by atoms with Crippen LogP contribution in [0.3, 0.4) is 0 Å². The lowest BCUT2D eigenvalue weighted by atomic mass is 9.71. The first-order valence-electron chi connectivity index (χ1n) is 11.7. The van der Waals surface area contributed by atoms with Gasteiger partial charge in [0, 0.05) is 34.8 Å². The van der Waals surface area contributed by atoms with Crippen LogP contribution in [0.1, 0.15) is 64.8 Å². The Morgan fingerprint density at radius 3 is 2.03 bits per heavy atom. The van der Waals surface area contributed by atoms with Gasteiger partial charge in [-0.2, -0.15) is 10.2 Å². The summed E-state index contributed by atoms with van der Waals surface area (Å²) in [4.78, 5) is 24.8. The molecule has 1 heterocycles. The number of azo groups is 1. The number of carbonyl (C=O) groups is 1. The Balaban J connectivity index is 2.02. The van der Waals surface area contributed by atoms with Crippen molar-refractivity contribution in [2.45, 2.75) is 54.4 Å². The van der Waals surface area contributed by atoms with Crippen molar-refractivity contribution in [2.75, 3.05) is 6.54 Å². The van der Waals surface area contributed by atoms with Gasteiger partial charge in [-0.15, -0.1) is 11.3 Å². The van der Waals surface area contributed by atoms with Crippen molar-refractivity contribution in [1.29, 1.82) is 0 Å². The molecule has 7 heteroatoms. The van der Waals surface area contributed by atoms with Gasteiger partial charge in [0.1, 0.15) is 5.70 Å². The number of allylic oxidation sites excluding steroid dienone is 5. The molecule has 184 valence electrons. The van der Waals surface area contributed by atoms with Crippen LogP contribution in [-0.4, -0.2) is 17.3 Å². The van der Waals surface area contributed by atoms with Crippen LogP contribution in [0.4, 0.5) is 5.69 Å². The molecule has 1 aliphatic carbocycles. The van der Waals surface area contributed by atoms with Gasteiger partial charge in [0.2, 0.25) is 0 Å². The second kappa shape index (κ2) is 10.2. The van der Waals surface area contributed by atoms with E-state index in [1.807, 2.05) is 36.6 Å². The molecule has 0 N–H and O–H groups in total. The lowest BCUT2D eigenvalue weighted by Crippen LogP contribution is -2.28. The number of ketones is 1. The molecule has 0 radical (unpaired) electrons. The number of benzene rings is 1. The van der Waals surface area contributed by atoms with E-state index in [1.165, 1.54) is 12.1 Å². The second-order valence-corrected chi connectivity index (χ2v) is 11.8. The van der Waals surface area contributed by atoms with Gasteiger partial charge in [0.05, 0.1) is 16.3 Å². The zero-order valence-electron chi connectivity index (χ0n) is 21.5. The molecule has 0 unspecified atom stereocenters. The summed E-state index contributed by atoms with van der Waals surface area (Å²) in [5, 5.41) is 22.1. The van der Waals surface area contributed by atoms with E-state index in [-0.39, 0.29) is 28.2 Å². The summed E-state index contributed by atoms with van der Waals surface area (Å²) < 4.78 is 0. The van der Waals surface area contributed by atoms with Gasteiger partial charge in [0.25, 0.3) is 5.69 Å². The van der Waals surface area contributed by atoms with Crippen molar-refractivity contribution in [3.63, 3.8) is 0 Å². The van der Waals surface area contributed by atoms with E-state index in [4.69, 9.17) is 0 Å². The highest BCUT2D eigenvalue weighted by molar-refractivity contribution is 7.11. The van der Waals surface area contributed by atoms with Gasteiger partial charge < -0.3 is 0 Å². The second-order valence-electron chi connectivity index (χ2n) is 10.9. The summed E-state index contributed by atoms with van der Waals surface area (Å²) >= 11 is 1.58. The van der Waals surface area contributed by atoms with Crippen LogP contribution in [-0.2, 0) is 4.79 Å². The Labute approximate surface area is 211 Å². The predicted molar refractivity (Wildman–Crippen MR) is 143 cm³/mol. The van der Waals surface area contributed by atoms with Crippen LogP contribution in [0.15, 0.2) is 80.9 Å². The van der Waals surface area contributed by atoms with Gasteiger partial charge >= 0.3 is 0 Å². The topological polar surface area (TPSA) is 84.9 Å². The smallest absolute Gasteiger partial charge is 0.269 e. The maximum atomic E-state index is 13.3. The molecule has 0 saturated carbocycles. The molecule has 2 aromatic rings. The molecule has 0 saturated heterocycles. The van der Waals surface area contributed by atoms with E-state index in [0.29, 0.717) is 6.54 Å². The van der Waals surface area contributed by atoms with Gasteiger partial charge in [-0.3, -0.25) is 14.9 Å². The first-order valence-corrected chi connectivity index (χ1v) is 12.6. The fourth-order valence-corrected chi connectivity index (χ4v) is 4.54. The average molecular weight is 492 g/mol. The molecule has 6 nitrogen and oxygen atoms in total. The molecule has 0 spiro atoms. The van der Waals surface area contributed by atoms with Crippen molar-refractivity contribution >= 4 is 28.5 Å². The van der Waals surface area contributed by atoms with Crippen LogP contribution in [0.25, 0.3) is 5.70 Å². The summed E-state index contributed by atoms with van der Waals surface area (Å²) in [6.45, 7) is 14.8. The molecule has 1 atom stereocenters. The molecule has 1 aromatic heterocycles. The maximum Gasteiger partial charge on any atom is 0.269 e. The minimum Gasteiger partial charge on any atom is -0.289 e. The first kappa shape index (κ1) is 26.4. The Morgan fingerprint density at radius 2 is 1.57 bits per heavy atom. The minimum atomic E-state index is -0.402. The van der Waals surface area contributed by atoms with Crippen molar-refractivity contribution in [3.8, 4) is 0 Å². The standard InChI is InChI=1S/C28H33N3O3S/c1-18(19-10-12-21(13-11-19)31(33)34)17-29-30-25(24-9-8-14-35-24)20-15-22(27(2,3)4)26(32)23(16-20)28(5,6)7/h8-16,18H,17H2,1-7H3/t18-/m1/s1. The quantitative estimate of drug-likeness (QED) is 0.232. The molecule has 3 rings (SSSR count). The molecular formula is C28H33N3O3S. The van der Waals surface area contributed by atoms with E-state index in [1.54, 1.807) is 23.5 Å². The van der Waals surface area contributed by atoms with Crippen LogP contribution < -0.4 is 0 Å². The normalized spacial score (nSPS) is 15.7. The summed E-state index contributed by atoms with van der Waals surface area (Å²) in [7, 11) is 0. The molecule has 0 amide bonds. The largest absolute Gasteiger partial charge is 0.289 e. The molecular weight excluding hydrogens is 458 g/mol. The van der Waals surface area contributed by atoms with Gasteiger partial charge in [-0.1, -0.05) is 66.7 Å². The van der Waals surface area contributed by atoms with E-state index < -0.39 is 4.92 Å². The van der Waals surface area contributed by atoms with E-state index in [0.717, 1.165) is 32.9 Å². The highest BCUT2D eigenvalue weighted by Gasteiger charge is 2.34. The van der Waals surface area contributed by atoms with Crippen molar-refractivity contribution in [3.05, 3.63) is 91.2 Å². The number of hydrogen-bond acceptors (Lipinski definition) is 6. The molecule has 0 aliphatic heterocycles. The molecule has 1 aliphatic rings. The zero-order chi connectivity index (χ0) is 26.0. The first-order chi connectivity index (χ1) is 16.3. The summed E-state index contributed by atoms with van der Waals surface area (Å²) in [5.41, 5.74) is 3.58. The molecule has 0 fully saturated rings. The number of hydrogen-bond donors (Lipinski definition) is 0. The SMILES string of the molecule is C[C@H](CN=NC(=C1C=C(C(C)(C)C)C(=O)C(C(C)(C)C)=C1)c1cccs1)c1ccc([N+](=O)[O-])cc1. The van der Waals surface area contributed by atoms with E-state index >= 15 is 0 Å². The third-order valence-electron chi connectivity index (χ3n) is 5.93. The Kier molecular flexibility index (Phi) is 7.70. The Morgan fingerprint density at radius 1 is 1.00 bits per heavy atom. The maximum absolute atomic E-state index is 13.3. The lowest BCUT2D eigenvalue weighted by Gasteiger charge is -2.31. The number of rotatable bonds is 6. The number of carbonyl (C=O) groups excluding carboxylic acids is 1. The number of Topliss-reactive ketones (excluding diaryl/α,β-unsaturated/α-hetero) is 1. The highest BCUT2D eigenvalue weighted by Crippen LogP contribution is 2.41. The number of nitro groups is 1. The van der Waals surface area contributed by atoms with Crippen molar-refractivity contribution in [1.82, 2.24) is 0 Å². The monoisotopic (exact) mass is 491 g/mol.